The van der Waals surface area contributed by atoms with Crippen LogP contribution in [-0.2, 0) is 0 Å². The molecule has 1 saturated heterocycles. The third kappa shape index (κ3) is 2.90. The fourth-order valence-electron chi connectivity index (χ4n) is 2.03. The van der Waals surface area contributed by atoms with Crippen LogP contribution in [-0.4, -0.2) is 29.9 Å². The summed E-state index contributed by atoms with van der Waals surface area (Å²) in [5.41, 5.74) is 10.5. The third-order valence-electron chi connectivity index (χ3n) is 2.40. The summed E-state index contributed by atoms with van der Waals surface area (Å²) in [6.45, 7) is 6.12. The molecule has 1 aliphatic heterocycles. The Morgan fingerprint density at radius 2 is 1.79 bits per heavy atom. The molecule has 0 aromatic rings. The van der Waals surface area contributed by atoms with Crippen molar-refractivity contribution in [2.75, 3.05) is 13.1 Å². The Bertz CT molecular complexity index is 234. The van der Waals surface area contributed by atoms with Crippen molar-refractivity contribution in [1.82, 2.24) is 4.90 Å². The molecule has 0 spiro atoms. The Hall–Kier alpha value is -1.26. The van der Waals surface area contributed by atoms with Crippen LogP contribution in [0.1, 0.15) is 20.3 Å². The number of hydrogen-bond donors (Lipinski definition) is 3. The molecule has 0 radical (unpaired) electrons. The Morgan fingerprint density at radius 3 is 2.21 bits per heavy atom. The van der Waals surface area contributed by atoms with Crippen molar-refractivity contribution in [1.29, 1.82) is 5.41 Å². The standard InChI is InChI=1S/C9H19N5/c1-6-3-7(2)5-14(4-6)9(12)13-8(10)11/h6-7H,3-5H2,1-2H3,(H5,10,11,12,13). The molecule has 14 heavy (non-hydrogen) atoms. The van der Waals surface area contributed by atoms with Gasteiger partial charge in [0.25, 0.3) is 0 Å². The molecule has 0 aliphatic carbocycles. The lowest BCUT2D eigenvalue weighted by atomic mass is 9.92. The highest BCUT2D eigenvalue weighted by molar-refractivity contribution is 5.91. The summed E-state index contributed by atoms with van der Waals surface area (Å²) < 4.78 is 0. The minimum absolute atomic E-state index is 0.0409. The Labute approximate surface area is 84.7 Å². The number of nitrogens with one attached hydrogen (secondary N) is 1. The highest BCUT2D eigenvalue weighted by Crippen LogP contribution is 2.20. The largest absolute Gasteiger partial charge is 0.370 e. The lowest BCUT2D eigenvalue weighted by Crippen LogP contribution is -2.42. The summed E-state index contributed by atoms with van der Waals surface area (Å²) in [6.07, 6.45) is 1.21. The fraction of sp³-hybridized carbons (Fsp3) is 0.778. The van der Waals surface area contributed by atoms with Gasteiger partial charge < -0.3 is 16.4 Å². The van der Waals surface area contributed by atoms with Crippen LogP contribution < -0.4 is 11.5 Å². The van der Waals surface area contributed by atoms with Crippen molar-refractivity contribution in [3.63, 3.8) is 0 Å². The van der Waals surface area contributed by atoms with E-state index in [0.717, 1.165) is 13.1 Å². The first-order valence-electron chi connectivity index (χ1n) is 4.92. The van der Waals surface area contributed by atoms with E-state index in [4.69, 9.17) is 16.9 Å². The number of rotatable bonds is 0. The zero-order valence-electron chi connectivity index (χ0n) is 8.83. The Kier molecular flexibility index (Phi) is 3.33. The van der Waals surface area contributed by atoms with Gasteiger partial charge in [-0.15, -0.1) is 0 Å². The van der Waals surface area contributed by atoms with Gasteiger partial charge in [-0.25, -0.2) is 0 Å². The van der Waals surface area contributed by atoms with E-state index in [1.807, 2.05) is 4.90 Å². The molecule has 0 amide bonds. The zero-order chi connectivity index (χ0) is 10.7. The van der Waals surface area contributed by atoms with Crippen molar-refractivity contribution in [2.45, 2.75) is 20.3 Å². The number of hydrogen-bond acceptors (Lipinski definition) is 1. The molecular formula is C9H19N5. The van der Waals surface area contributed by atoms with Gasteiger partial charge in [-0.3, -0.25) is 5.41 Å². The second kappa shape index (κ2) is 4.30. The van der Waals surface area contributed by atoms with Crippen LogP contribution in [0.4, 0.5) is 0 Å². The van der Waals surface area contributed by atoms with Crippen molar-refractivity contribution in [2.24, 2.45) is 28.3 Å². The maximum Gasteiger partial charge on any atom is 0.221 e. The summed E-state index contributed by atoms with van der Waals surface area (Å²) in [4.78, 5) is 5.68. The van der Waals surface area contributed by atoms with Crippen molar-refractivity contribution in [3.05, 3.63) is 0 Å². The summed E-state index contributed by atoms with van der Waals surface area (Å²) in [6, 6.07) is 0. The van der Waals surface area contributed by atoms with Gasteiger partial charge >= 0.3 is 0 Å². The van der Waals surface area contributed by atoms with Crippen LogP contribution in [0.25, 0.3) is 0 Å². The zero-order valence-corrected chi connectivity index (χ0v) is 8.83. The van der Waals surface area contributed by atoms with Gasteiger partial charge in [-0.05, 0) is 18.3 Å². The van der Waals surface area contributed by atoms with Gasteiger partial charge in [0.05, 0.1) is 0 Å². The molecule has 0 bridgehead atoms. The third-order valence-corrected chi connectivity index (χ3v) is 2.40. The summed E-state index contributed by atoms with van der Waals surface area (Å²) in [5, 5.41) is 7.67. The van der Waals surface area contributed by atoms with E-state index in [2.05, 4.69) is 18.8 Å². The van der Waals surface area contributed by atoms with Crippen molar-refractivity contribution >= 4 is 11.9 Å². The van der Waals surface area contributed by atoms with E-state index in [9.17, 15) is 0 Å². The first-order chi connectivity index (χ1) is 6.49. The van der Waals surface area contributed by atoms with Gasteiger partial charge in [0, 0.05) is 13.1 Å². The molecule has 0 saturated carbocycles. The van der Waals surface area contributed by atoms with Crippen LogP contribution in [0.2, 0.25) is 0 Å². The van der Waals surface area contributed by atoms with E-state index in [-0.39, 0.29) is 11.9 Å². The fourth-order valence-corrected chi connectivity index (χ4v) is 2.03. The van der Waals surface area contributed by atoms with Gasteiger partial charge in [-0.1, -0.05) is 13.8 Å². The Morgan fingerprint density at radius 1 is 1.29 bits per heavy atom. The Balaban J connectivity index is 2.59. The predicted octanol–water partition coefficient (Wildman–Crippen LogP) is 0.172. The monoisotopic (exact) mass is 197 g/mol. The number of piperidine rings is 1. The van der Waals surface area contributed by atoms with Gasteiger partial charge in [0.2, 0.25) is 5.96 Å². The van der Waals surface area contributed by atoms with E-state index >= 15 is 0 Å². The summed E-state index contributed by atoms with van der Waals surface area (Å²) >= 11 is 0. The predicted molar refractivity (Wildman–Crippen MR) is 58.1 cm³/mol. The number of guanidine groups is 2. The van der Waals surface area contributed by atoms with Crippen LogP contribution >= 0.6 is 0 Å². The SMILES string of the molecule is CC1CC(C)CN(C(=N)N=C(N)N)C1. The van der Waals surface area contributed by atoms with Crippen LogP contribution in [0.5, 0.6) is 0 Å². The second-order valence-electron chi connectivity index (χ2n) is 4.21. The molecule has 80 valence electrons. The smallest absolute Gasteiger partial charge is 0.221 e. The molecule has 5 heteroatoms. The van der Waals surface area contributed by atoms with Gasteiger partial charge in [-0.2, -0.15) is 4.99 Å². The highest BCUT2D eigenvalue weighted by atomic mass is 15.3. The van der Waals surface area contributed by atoms with E-state index < -0.39 is 0 Å². The normalized spacial score (nSPS) is 27.1. The van der Waals surface area contributed by atoms with Crippen molar-refractivity contribution < 1.29 is 0 Å². The topological polar surface area (TPSA) is 91.5 Å². The first kappa shape index (κ1) is 10.8. The quantitative estimate of drug-likeness (QED) is 0.382. The molecule has 1 fully saturated rings. The molecule has 2 unspecified atom stereocenters. The summed E-state index contributed by atoms with van der Waals surface area (Å²) in [5.74, 6) is 1.35. The highest BCUT2D eigenvalue weighted by Gasteiger charge is 2.23. The average molecular weight is 197 g/mol. The number of likely N-dealkylation sites (tertiary alicyclic amines) is 1. The maximum atomic E-state index is 7.67. The molecule has 0 aromatic carbocycles. The molecule has 5 N–H and O–H groups in total. The van der Waals surface area contributed by atoms with Crippen LogP contribution in [0.15, 0.2) is 4.99 Å². The van der Waals surface area contributed by atoms with Gasteiger partial charge in [0.1, 0.15) is 0 Å². The molecule has 1 aliphatic rings. The van der Waals surface area contributed by atoms with E-state index in [1.165, 1.54) is 6.42 Å². The van der Waals surface area contributed by atoms with Crippen LogP contribution in [0.3, 0.4) is 0 Å². The number of aliphatic imine (C=N–C) groups is 1. The molecule has 1 heterocycles. The average Bonchev–Trinajstić information content (AvgIpc) is 2.00. The first-order valence-corrected chi connectivity index (χ1v) is 4.92. The lowest BCUT2D eigenvalue weighted by Gasteiger charge is -2.35. The molecule has 2 atom stereocenters. The van der Waals surface area contributed by atoms with E-state index in [0.29, 0.717) is 11.8 Å². The number of nitrogens with two attached hydrogens (primary N) is 2. The maximum absolute atomic E-state index is 7.67. The molecular weight excluding hydrogens is 178 g/mol. The molecule has 1 rings (SSSR count). The lowest BCUT2D eigenvalue weighted by molar-refractivity contribution is 0.211. The summed E-state index contributed by atoms with van der Waals surface area (Å²) in [7, 11) is 0. The second-order valence-corrected chi connectivity index (χ2v) is 4.21. The minimum atomic E-state index is -0.0409. The molecule has 5 nitrogen and oxygen atoms in total. The van der Waals surface area contributed by atoms with Gasteiger partial charge in [0.15, 0.2) is 5.96 Å². The van der Waals surface area contributed by atoms with E-state index in [1.54, 1.807) is 0 Å². The van der Waals surface area contributed by atoms with Crippen molar-refractivity contribution in [3.8, 4) is 0 Å². The molecule has 0 aromatic heterocycles. The number of nitrogens with zero attached hydrogens (tertiary/aromatic N) is 2. The van der Waals surface area contributed by atoms with Crippen LogP contribution in [0, 0.1) is 17.2 Å². The minimum Gasteiger partial charge on any atom is -0.370 e.